The van der Waals surface area contributed by atoms with Gasteiger partial charge in [0.1, 0.15) is 9.39 Å². The Morgan fingerprint density at radius 3 is 2.92 bits per heavy atom. The van der Waals surface area contributed by atoms with Crippen LogP contribution in [0.2, 0.25) is 0 Å². The van der Waals surface area contributed by atoms with Crippen molar-refractivity contribution in [2.75, 3.05) is 0 Å². The lowest BCUT2D eigenvalue weighted by Gasteiger charge is -2.12. The lowest BCUT2D eigenvalue weighted by molar-refractivity contribution is -0.0301. The average molecular weight is 296 g/mol. The second kappa shape index (κ2) is 2.07. The van der Waals surface area contributed by atoms with E-state index in [-0.39, 0.29) is 11.6 Å². The van der Waals surface area contributed by atoms with Crippen molar-refractivity contribution in [1.82, 2.24) is 9.78 Å². The predicted molar refractivity (Wildman–Crippen MR) is 50.7 cm³/mol. The van der Waals surface area contributed by atoms with Gasteiger partial charge in [-0.3, -0.25) is 4.68 Å². The van der Waals surface area contributed by atoms with Crippen molar-refractivity contribution >= 4 is 22.6 Å². The molecule has 1 saturated carbocycles. The summed E-state index contributed by atoms with van der Waals surface area (Å²) in [5.74, 6) is -2.98. The number of hydrogen-bond acceptors (Lipinski definition) is 1. The SMILES string of the molecule is Cn1nc(I)c2c1C(F)(F)[C@@H]1C[C@H]21. The maximum absolute atomic E-state index is 13.6. The Balaban J connectivity index is 2.31. The van der Waals surface area contributed by atoms with Crippen LogP contribution in [0.4, 0.5) is 8.78 Å². The molecule has 13 heavy (non-hydrogen) atoms. The van der Waals surface area contributed by atoms with Crippen molar-refractivity contribution in [3.05, 3.63) is 15.0 Å². The van der Waals surface area contributed by atoms with Crippen LogP contribution in [-0.2, 0) is 13.0 Å². The zero-order valence-electron chi connectivity index (χ0n) is 6.89. The molecule has 2 nitrogen and oxygen atoms in total. The Bertz CT molecular complexity index is 399. The monoisotopic (exact) mass is 296 g/mol. The summed E-state index contributed by atoms with van der Waals surface area (Å²) in [7, 11) is 1.60. The van der Waals surface area contributed by atoms with Crippen molar-refractivity contribution in [2.24, 2.45) is 13.0 Å². The Kier molecular flexibility index (Phi) is 1.29. The highest BCUT2D eigenvalue weighted by atomic mass is 127. The van der Waals surface area contributed by atoms with Gasteiger partial charge in [0.05, 0.1) is 0 Å². The maximum Gasteiger partial charge on any atom is 0.293 e. The topological polar surface area (TPSA) is 17.8 Å². The number of halogens is 3. The van der Waals surface area contributed by atoms with Crippen LogP contribution in [-0.4, -0.2) is 9.78 Å². The lowest BCUT2D eigenvalue weighted by Crippen LogP contribution is -2.18. The van der Waals surface area contributed by atoms with Crippen LogP contribution in [0.1, 0.15) is 23.6 Å². The summed E-state index contributed by atoms with van der Waals surface area (Å²) in [4.78, 5) is 0. The van der Waals surface area contributed by atoms with E-state index in [2.05, 4.69) is 5.10 Å². The van der Waals surface area contributed by atoms with Gasteiger partial charge in [-0.05, 0) is 34.9 Å². The lowest BCUT2D eigenvalue weighted by atomic mass is 10.2. The van der Waals surface area contributed by atoms with Crippen LogP contribution in [0.25, 0.3) is 0 Å². The van der Waals surface area contributed by atoms with Crippen LogP contribution in [0.15, 0.2) is 0 Å². The third-order valence-corrected chi connectivity index (χ3v) is 3.78. The van der Waals surface area contributed by atoms with E-state index < -0.39 is 11.8 Å². The summed E-state index contributed by atoms with van der Waals surface area (Å²) in [5.41, 5.74) is 0.955. The van der Waals surface area contributed by atoms with Gasteiger partial charge in [0.15, 0.2) is 0 Å². The molecule has 3 rings (SSSR count). The smallest absolute Gasteiger partial charge is 0.265 e. The molecule has 1 heterocycles. The van der Waals surface area contributed by atoms with Crippen LogP contribution in [0.5, 0.6) is 0 Å². The number of aromatic nitrogens is 2. The number of rotatable bonds is 0. The number of nitrogens with zero attached hydrogens (tertiary/aromatic N) is 2. The third-order valence-electron chi connectivity index (χ3n) is 2.98. The van der Waals surface area contributed by atoms with Gasteiger partial charge in [0.2, 0.25) is 0 Å². The van der Waals surface area contributed by atoms with Gasteiger partial charge in [-0.15, -0.1) is 0 Å². The number of fused-ring (bicyclic) bond motifs is 3. The molecule has 1 aromatic heterocycles. The fraction of sp³-hybridized carbons (Fsp3) is 0.625. The van der Waals surface area contributed by atoms with Gasteiger partial charge < -0.3 is 0 Å². The molecule has 70 valence electrons. The van der Waals surface area contributed by atoms with E-state index in [1.165, 1.54) is 4.68 Å². The molecule has 0 unspecified atom stereocenters. The van der Waals surface area contributed by atoms with Crippen molar-refractivity contribution in [3.8, 4) is 0 Å². The zero-order chi connectivity index (χ0) is 9.38. The van der Waals surface area contributed by atoms with Gasteiger partial charge in [-0.25, -0.2) is 0 Å². The molecular formula is C8H7F2IN2. The molecule has 1 aromatic rings. The molecule has 2 aliphatic rings. The highest BCUT2D eigenvalue weighted by molar-refractivity contribution is 14.1. The van der Waals surface area contributed by atoms with Gasteiger partial charge in [0.25, 0.3) is 5.92 Å². The van der Waals surface area contributed by atoms with Crippen molar-refractivity contribution < 1.29 is 8.78 Å². The molecule has 0 N–H and O–H groups in total. The van der Waals surface area contributed by atoms with Gasteiger partial charge in [-0.2, -0.15) is 13.9 Å². The van der Waals surface area contributed by atoms with Gasteiger partial charge in [-0.1, -0.05) is 0 Å². The van der Waals surface area contributed by atoms with Crippen molar-refractivity contribution in [3.63, 3.8) is 0 Å². The van der Waals surface area contributed by atoms with E-state index >= 15 is 0 Å². The summed E-state index contributed by atoms with van der Waals surface area (Å²) < 4.78 is 29.3. The summed E-state index contributed by atoms with van der Waals surface area (Å²) >= 11 is 2.04. The molecule has 0 radical (unpaired) electrons. The Morgan fingerprint density at radius 1 is 1.62 bits per heavy atom. The van der Waals surface area contributed by atoms with Crippen molar-refractivity contribution in [1.29, 1.82) is 0 Å². The highest BCUT2D eigenvalue weighted by Crippen LogP contribution is 2.67. The number of hydrogen-bond donors (Lipinski definition) is 0. The highest BCUT2D eigenvalue weighted by Gasteiger charge is 2.66. The Hall–Kier alpha value is -0.200. The summed E-state index contributed by atoms with van der Waals surface area (Å²) in [6.45, 7) is 0. The molecule has 0 saturated heterocycles. The standard InChI is InChI=1S/C8H7F2IN2/c1-13-6-5(7(11)12-13)3-2-4(3)8(6,9)10/h3-4H,2H2,1H3/t3-,4+/m0/s1. The normalized spacial score (nSPS) is 32.9. The largest absolute Gasteiger partial charge is 0.293 e. The first-order valence-electron chi connectivity index (χ1n) is 4.14. The summed E-state index contributed by atoms with van der Waals surface area (Å²) in [5, 5.41) is 4.03. The van der Waals surface area contributed by atoms with Crippen LogP contribution in [0, 0.1) is 9.62 Å². The second-order valence-corrected chi connectivity index (χ2v) is 4.77. The fourth-order valence-corrected chi connectivity index (χ4v) is 3.30. The molecule has 0 spiro atoms. The number of alkyl halides is 2. The number of aryl methyl sites for hydroxylation is 1. The van der Waals surface area contributed by atoms with Crippen LogP contribution >= 0.6 is 22.6 Å². The summed E-state index contributed by atoms with van der Waals surface area (Å²) in [6.07, 6.45) is 0.641. The molecular weight excluding hydrogens is 289 g/mol. The maximum atomic E-state index is 13.6. The third kappa shape index (κ3) is 0.793. The summed E-state index contributed by atoms with van der Waals surface area (Å²) in [6, 6.07) is 0. The molecule has 0 amide bonds. The van der Waals surface area contributed by atoms with E-state index in [1.807, 2.05) is 22.6 Å². The van der Waals surface area contributed by atoms with Gasteiger partial charge >= 0.3 is 0 Å². The molecule has 5 heteroatoms. The fourth-order valence-electron chi connectivity index (χ4n) is 2.32. The van der Waals surface area contributed by atoms with E-state index in [4.69, 9.17) is 0 Å². The molecule has 1 fully saturated rings. The molecule has 2 aliphatic carbocycles. The average Bonchev–Trinajstić information content (AvgIpc) is 2.68. The van der Waals surface area contributed by atoms with E-state index in [0.717, 1.165) is 9.26 Å². The predicted octanol–water partition coefficient (Wildman–Crippen LogP) is 2.23. The first-order valence-corrected chi connectivity index (χ1v) is 5.22. The quantitative estimate of drug-likeness (QED) is 0.671. The Labute approximate surface area is 87.4 Å². The van der Waals surface area contributed by atoms with E-state index in [1.54, 1.807) is 7.05 Å². The van der Waals surface area contributed by atoms with Crippen molar-refractivity contribution in [2.45, 2.75) is 18.3 Å². The Morgan fingerprint density at radius 2 is 2.31 bits per heavy atom. The molecule has 0 aliphatic heterocycles. The van der Waals surface area contributed by atoms with E-state index in [0.29, 0.717) is 6.42 Å². The first-order chi connectivity index (χ1) is 6.03. The second-order valence-electron chi connectivity index (χ2n) is 3.75. The van der Waals surface area contributed by atoms with Crippen LogP contribution < -0.4 is 0 Å². The van der Waals surface area contributed by atoms with Gasteiger partial charge in [0, 0.05) is 18.5 Å². The zero-order valence-corrected chi connectivity index (χ0v) is 9.05. The van der Waals surface area contributed by atoms with E-state index in [9.17, 15) is 8.78 Å². The minimum absolute atomic E-state index is 0.0885. The molecule has 2 atom stereocenters. The molecule has 0 aromatic carbocycles. The van der Waals surface area contributed by atoms with Crippen LogP contribution in [0.3, 0.4) is 0 Å². The molecule has 0 bridgehead atoms. The minimum Gasteiger partial charge on any atom is -0.265 e. The minimum atomic E-state index is -2.63. The first kappa shape index (κ1) is 8.14.